The van der Waals surface area contributed by atoms with Gasteiger partial charge in [0, 0.05) is 0 Å². The van der Waals surface area contributed by atoms with Gasteiger partial charge in [0.2, 0.25) is 0 Å². The molecule has 4 rings (SSSR count). The lowest BCUT2D eigenvalue weighted by molar-refractivity contribution is -0.307. The molecular formula is C22H14F6NO2S+. The van der Waals surface area contributed by atoms with E-state index in [1.54, 1.807) is 0 Å². The van der Waals surface area contributed by atoms with Crippen LogP contribution in [0.15, 0.2) is 87.5 Å². The molecule has 0 radical (unpaired) electrons. The zero-order valence-electron chi connectivity index (χ0n) is 16.0. The zero-order chi connectivity index (χ0) is 23.1. The molecule has 1 aliphatic rings. The van der Waals surface area contributed by atoms with Gasteiger partial charge in [-0.1, -0.05) is 24.3 Å². The molecule has 0 aromatic heterocycles. The summed E-state index contributed by atoms with van der Waals surface area (Å²) in [5.41, 5.74) is 1.36. The molecule has 3 nitrogen and oxygen atoms in total. The van der Waals surface area contributed by atoms with Crippen LogP contribution in [0, 0.1) is 0 Å². The largest absolute Gasteiger partial charge is 0.439 e. The topological polar surface area (TPSA) is 38.3 Å². The van der Waals surface area contributed by atoms with E-state index in [0.29, 0.717) is 0 Å². The van der Waals surface area contributed by atoms with E-state index in [0.717, 1.165) is 26.1 Å². The summed E-state index contributed by atoms with van der Waals surface area (Å²) in [6.07, 6.45) is -15.7. The molecule has 3 aromatic rings. The van der Waals surface area contributed by atoms with Gasteiger partial charge in [-0.15, -0.1) is 0 Å². The average Bonchev–Trinajstić information content (AvgIpc) is 2.74. The highest BCUT2D eigenvalue weighted by Crippen LogP contribution is 2.44. The SMILES string of the molecule is O=C(OC(C(F)(F)F)C(F)(F)F)c1ccc([S+]2c3ccccc3Nc3ccccc32)cc1. The second kappa shape index (κ2) is 8.09. The Labute approximate surface area is 181 Å². The minimum Gasteiger partial charge on any atom is -0.439 e. The molecule has 32 heavy (non-hydrogen) atoms. The van der Waals surface area contributed by atoms with Crippen molar-refractivity contribution in [2.75, 3.05) is 5.32 Å². The summed E-state index contributed by atoms with van der Waals surface area (Å²) >= 11 is 0. The predicted octanol–water partition coefficient (Wildman–Crippen LogP) is 6.49. The molecule has 1 aliphatic heterocycles. The number of benzene rings is 3. The Kier molecular flexibility index (Phi) is 5.58. The van der Waals surface area contributed by atoms with Gasteiger partial charge in [0.1, 0.15) is 10.9 Å². The van der Waals surface area contributed by atoms with Crippen LogP contribution in [0.3, 0.4) is 0 Å². The van der Waals surface area contributed by atoms with E-state index < -0.39 is 40.9 Å². The normalized spacial score (nSPS) is 13.8. The van der Waals surface area contributed by atoms with E-state index in [-0.39, 0.29) is 0 Å². The first-order valence-corrected chi connectivity index (χ1v) is 10.4. The summed E-state index contributed by atoms with van der Waals surface area (Å²) in [6.45, 7) is 0. The molecule has 0 atom stereocenters. The number of fused-ring (bicyclic) bond motifs is 2. The highest BCUT2D eigenvalue weighted by Gasteiger charge is 2.60. The average molecular weight is 470 g/mol. The number of para-hydroxylation sites is 2. The van der Waals surface area contributed by atoms with E-state index in [1.807, 2.05) is 48.5 Å². The fourth-order valence-electron chi connectivity index (χ4n) is 3.23. The Bertz CT molecular complexity index is 1080. The maximum Gasteiger partial charge on any atom is 0.434 e. The lowest BCUT2D eigenvalue weighted by atomic mass is 10.2. The third-order valence-corrected chi connectivity index (χ3v) is 6.96. The Morgan fingerprint density at radius 1 is 0.750 bits per heavy atom. The first kappa shape index (κ1) is 22.1. The van der Waals surface area contributed by atoms with E-state index in [2.05, 4.69) is 10.1 Å². The second-order valence-corrected chi connectivity index (χ2v) is 8.78. The molecule has 3 aromatic carbocycles. The van der Waals surface area contributed by atoms with E-state index >= 15 is 0 Å². The predicted molar refractivity (Wildman–Crippen MR) is 106 cm³/mol. The van der Waals surface area contributed by atoms with Crippen LogP contribution in [-0.2, 0) is 15.6 Å². The Balaban J connectivity index is 1.65. The molecule has 0 saturated heterocycles. The van der Waals surface area contributed by atoms with Crippen LogP contribution in [0.2, 0.25) is 0 Å². The summed E-state index contributed by atoms with van der Waals surface area (Å²) in [5, 5.41) is 3.34. The molecule has 0 saturated carbocycles. The minimum atomic E-state index is -5.77. The molecular weight excluding hydrogens is 456 g/mol. The minimum absolute atomic E-state index is 0.410. The van der Waals surface area contributed by atoms with Crippen molar-refractivity contribution in [3.8, 4) is 0 Å². The van der Waals surface area contributed by atoms with Crippen LogP contribution in [0.25, 0.3) is 0 Å². The maximum atomic E-state index is 12.7. The monoisotopic (exact) mass is 470 g/mol. The summed E-state index contributed by atoms with van der Waals surface area (Å²) in [7, 11) is -0.593. The second-order valence-electron chi connectivity index (χ2n) is 6.82. The van der Waals surface area contributed by atoms with Crippen molar-refractivity contribution >= 4 is 28.2 Å². The number of hydrogen-bond donors (Lipinski definition) is 1. The Morgan fingerprint density at radius 3 is 1.69 bits per heavy atom. The number of hydrogen-bond acceptors (Lipinski definition) is 3. The van der Waals surface area contributed by atoms with Gasteiger partial charge in [-0.25, -0.2) is 4.79 Å². The van der Waals surface area contributed by atoms with Gasteiger partial charge < -0.3 is 10.1 Å². The van der Waals surface area contributed by atoms with Crippen molar-refractivity contribution in [2.24, 2.45) is 0 Å². The number of ether oxygens (including phenoxy) is 1. The summed E-state index contributed by atoms with van der Waals surface area (Å²) in [4.78, 5) is 14.7. The molecule has 0 aliphatic carbocycles. The first-order chi connectivity index (χ1) is 15.1. The number of carbonyl (C=O) groups is 1. The molecule has 0 unspecified atom stereocenters. The van der Waals surface area contributed by atoms with Gasteiger partial charge in [-0.3, -0.25) is 0 Å². The van der Waals surface area contributed by atoms with Gasteiger partial charge in [-0.2, -0.15) is 26.3 Å². The van der Waals surface area contributed by atoms with Crippen molar-refractivity contribution in [2.45, 2.75) is 33.1 Å². The lowest BCUT2D eigenvalue weighted by Gasteiger charge is -2.23. The third-order valence-electron chi connectivity index (χ3n) is 4.63. The molecule has 10 heteroatoms. The van der Waals surface area contributed by atoms with Crippen LogP contribution in [0.1, 0.15) is 10.4 Å². The number of nitrogens with one attached hydrogen (secondary N) is 1. The smallest absolute Gasteiger partial charge is 0.434 e. The van der Waals surface area contributed by atoms with Gasteiger partial charge in [-0.05, 0) is 48.5 Å². The highest BCUT2D eigenvalue weighted by molar-refractivity contribution is 7.97. The fourth-order valence-corrected chi connectivity index (χ4v) is 5.49. The fraction of sp³-hybridized carbons (Fsp3) is 0.136. The molecule has 1 heterocycles. The van der Waals surface area contributed by atoms with Gasteiger partial charge in [0.15, 0.2) is 14.7 Å². The van der Waals surface area contributed by atoms with Crippen molar-refractivity contribution in [1.82, 2.24) is 0 Å². The van der Waals surface area contributed by atoms with Crippen molar-refractivity contribution in [3.63, 3.8) is 0 Å². The third kappa shape index (κ3) is 4.27. The lowest BCUT2D eigenvalue weighted by Crippen LogP contribution is -2.45. The molecule has 1 N–H and O–H groups in total. The standard InChI is InChI=1S/C22H14F6NO2S/c23-21(24,25)20(22(26,27)28)31-19(30)13-9-11-14(12-10-13)32-17-7-3-1-5-15(17)29-16-6-2-4-8-18(16)32/h1-12,20,29H/q+1. The molecule has 0 spiro atoms. The van der Waals surface area contributed by atoms with E-state index in [9.17, 15) is 31.1 Å². The van der Waals surface area contributed by atoms with Crippen LogP contribution in [-0.4, -0.2) is 24.4 Å². The van der Waals surface area contributed by atoms with Crippen molar-refractivity contribution in [3.05, 3.63) is 78.4 Å². The summed E-state index contributed by atoms with van der Waals surface area (Å²) in [6, 6.07) is 20.5. The van der Waals surface area contributed by atoms with Crippen LogP contribution in [0.5, 0.6) is 0 Å². The Hall–Kier alpha value is -3.14. The quantitative estimate of drug-likeness (QED) is 0.211. The number of rotatable bonds is 3. The molecule has 0 amide bonds. The molecule has 0 fully saturated rings. The van der Waals surface area contributed by atoms with Crippen LogP contribution in [0.4, 0.5) is 37.7 Å². The van der Waals surface area contributed by atoms with E-state index in [1.165, 1.54) is 24.3 Å². The van der Waals surface area contributed by atoms with Crippen LogP contribution >= 0.6 is 0 Å². The van der Waals surface area contributed by atoms with Gasteiger partial charge >= 0.3 is 18.3 Å². The zero-order valence-corrected chi connectivity index (χ0v) is 16.8. The van der Waals surface area contributed by atoms with Crippen LogP contribution < -0.4 is 5.32 Å². The molecule has 166 valence electrons. The number of anilines is 2. The van der Waals surface area contributed by atoms with Gasteiger partial charge in [0.25, 0.3) is 6.10 Å². The first-order valence-electron chi connectivity index (χ1n) is 9.19. The number of halogens is 6. The summed E-state index contributed by atoms with van der Waals surface area (Å²) in [5.74, 6) is -1.70. The summed E-state index contributed by atoms with van der Waals surface area (Å²) < 4.78 is 79.8. The van der Waals surface area contributed by atoms with Gasteiger partial charge in [0.05, 0.1) is 16.9 Å². The maximum absolute atomic E-state index is 12.7. The van der Waals surface area contributed by atoms with Crippen molar-refractivity contribution in [1.29, 1.82) is 0 Å². The number of carbonyl (C=O) groups excluding carboxylic acids is 1. The molecule has 0 bridgehead atoms. The van der Waals surface area contributed by atoms with Crippen molar-refractivity contribution < 1.29 is 35.9 Å². The number of alkyl halides is 6. The Morgan fingerprint density at radius 2 is 1.22 bits per heavy atom. The van der Waals surface area contributed by atoms with E-state index in [4.69, 9.17) is 0 Å². The highest BCUT2D eigenvalue weighted by atomic mass is 32.2. The number of esters is 1.